The average Bonchev–Trinajstić information content (AvgIpc) is 3.14. The third kappa shape index (κ3) is 4.24. The van der Waals surface area contributed by atoms with Gasteiger partial charge in [-0.25, -0.2) is 4.98 Å². The number of hydrogen-bond donors (Lipinski definition) is 1. The van der Waals surface area contributed by atoms with E-state index in [1.54, 1.807) is 12.1 Å². The maximum Gasteiger partial charge on any atom is 0.387 e. The molecule has 132 valence electrons. The van der Waals surface area contributed by atoms with Gasteiger partial charge in [-0.05, 0) is 17.7 Å². The maximum atomic E-state index is 12.3. The number of carbonyl (C=O) groups is 1. The largest absolute Gasteiger partial charge is 0.493 e. The van der Waals surface area contributed by atoms with Gasteiger partial charge in [0, 0.05) is 24.3 Å². The number of nitrogens with one attached hydrogen (secondary N) is 1. The van der Waals surface area contributed by atoms with Crippen LogP contribution in [0.25, 0.3) is 4.96 Å². The lowest BCUT2D eigenvalue weighted by atomic mass is 10.2. The second-order valence-electron chi connectivity index (χ2n) is 5.14. The predicted octanol–water partition coefficient (Wildman–Crippen LogP) is 2.86. The van der Waals surface area contributed by atoms with Gasteiger partial charge in [0.15, 0.2) is 16.5 Å². The Hall–Kier alpha value is -2.68. The number of methoxy groups -OCH3 is 1. The van der Waals surface area contributed by atoms with Gasteiger partial charge in [-0.15, -0.1) is 11.3 Å². The summed E-state index contributed by atoms with van der Waals surface area (Å²) < 4.78 is 35.9. The van der Waals surface area contributed by atoms with Crippen molar-refractivity contribution in [3.05, 3.63) is 47.2 Å². The number of hydrogen-bond acceptors (Lipinski definition) is 5. The van der Waals surface area contributed by atoms with Gasteiger partial charge in [0.05, 0.1) is 19.2 Å². The van der Waals surface area contributed by atoms with Gasteiger partial charge in [-0.1, -0.05) is 6.07 Å². The molecule has 0 saturated carbocycles. The Morgan fingerprint density at radius 2 is 2.24 bits per heavy atom. The van der Waals surface area contributed by atoms with Gasteiger partial charge in [0.1, 0.15) is 0 Å². The van der Waals surface area contributed by atoms with Gasteiger partial charge in [0.25, 0.3) is 0 Å². The number of benzene rings is 1. The minimum atomic E-state index is -2.93. The Labute approximate surface area is 146 Å². The number of ether oxygens (including phenoxy) is 2. The number of amides is 1. The van der Waals surface area contributed by atoms with Crippen molar-refractivity contribution >= 4 is 22.2 Å². The Kier molecular flexibility index (Phi) is 5.13. The fourth-order valence-electron chi connectivity index (χ4n) is 2.30. The van der Waals surface area contributed by atoms with Crippen molar-refractivity contribution in [2.24, 2.45) is 0 Å². The van der Waals surface area contributed by atoms with Crippen LogP contribution < -0.4 is 14.8 Å². The van der Waals surface area contributed by atoms with E-state index in [2.05, 4.69) is 15.0 Å². The fourth-order valence-corrected chi connectivity index (χ4v) is 3.02. The highest BCUT2D eigenvalue weighted by atomic mass is 32.1. The molecule has 9 heteroatoms. The lowest BCUT2D eigenvalue weighted by Crippen LogP contribution is -2.24. The van der Waals surface area contributed by atoms with E-state index in [1.807, 2.05) is 22.2 Å². The molecular weight excluding hydrogens is 352 g/mol. The van der Waals surface area contributed by atoms with Crippen molar-refractivity contribution in [3.8, 4) is 11.5 Å². The van der Waals surface area contributed by atoms with Gasteiger partial charge in [-0.2, -0.15) is 8.78 Å². The molecule has 1 amide bonds. The van der Waals surface area contributed by atoms with E-state index in [9.17, 15) is 13.6 Å². The van der Waals surface area contributed by atoms with Crippen molar-refractivity contribution in [2.45, 2.75) is 19.6 Å². The molecule has 3 rings (SSSR count). The molecule has 0 aliphatic rings. The van der Waals surface area contributed by atoms with Crippen molar-refractivity contribution in [1.29, 1.82) is 0 Å². The average molecular weight is 367 g/mol. The highest BCUT2D eigenvalue weighted by Gasteiger charge is 2.12. The minimum absolute atomic E-state index is 0.0503. The molecule has 2 aromatic heterocycles. The molecule has 1 aromatic carbocycles. The van der Waals surface area contributed by atoms with E-state index in [4.69, 9.17) is 4.74 Å². The second kappa shape index (κ2) is 7.47. The second-order valence-corrected chi connectivity index (χ2v) is 6.02. The molecule has 2 heterocycles. The standard InChI is InChI=1S/C16H15F2N3O3S/c1-23-13-6-10(2-3-12(13)24-15(17)18)8-19-14(22)7-11-9-21-4-5-25-16(21)20-11/h2-6,9,15H,7-8H2,1H3,(H,19,22). The summed E-state index contributed by atoms with van der Waals surface area (Å²) in [5.41, 5.74) is 1.39. The molecule has 0 aliphatic carbocycles. The Morgan fingerprint density at radius 3 is 2.96 bits per heavy atom. The molecule has 0 spiro atoms. The third-order valence-electron chi connectivity index (χ3n) is 3.42. The zero-order chi connectivity index (χ0) is 17.8. The van der Waals surface area contributed by atoms with E-state index in [1.165, 1.54) is 24.5 Å². The normalized spacial score (nSPS) is 11.0. The number of imidazole rings is 1. The zero-order valence-corrected chi connectivity index (χ0v) is 14.1. The van der Waals surface area contributed by atoms with Crippen LogP contribution in [0.1, 0.15) is 11.3 Å². The van der Waals surface area contributed by atoms with Crippen LogP contribution in [0.3, 0.4) is 0 Å². The monoisotopic (exact) mass is 367 g/mol. The number of fused-ring (bicyclic) bond motifs is 1. The molecule has 6 nitrogen and oxygen atoms in total. The predicted molar refractivity (Wildman–Crippen MR) is 88.2 cm³/mol. The molecule has 3 aromatic rings. The number of aromatic nitrogens is 2. The molecule has 0 aliphatic heterocycles. The summed E-state index contributed by atoms with van der Waals surface area (Å²) in [5, 5.41) is 4.68. The number of alkyl halides is 2. The maximum absolute atomic E-state index is 12.3. The number of thiazole rings is 1. The van der Waals surface area contributed by atoms with Crippen LogP contribution in [0, 0.1) is 0 Å². The van der Waals surface area contributed by atoms with Crippen LogP contribution in [0.15, 0.2) is 36.0 Å². The summed E-state index contributed by atoms with van der Waals surface area (Å²) in [6, 6.07) is 4.52. The van der Waals surface area contributed by atoms with Crippen molar-refractivity contribution in [3.63, 3.8) is 0 Å². The molecule has 0 radical (unpaired) electrons. The van der Waals surface area contributed by atoms with Crippen LogP contribution in [0.2, 0.25) is 0 Å². The molecule has 0 fully saturated rings. The molecule has 0 unspecified atom stereocenters. The van der Waals surface area contributed by atoms with E-state index in [0.717, 1.165) is 4.96 Å². The molecule has 25 heavy (non-hydrogen) atoms. The number of nitrogens with zero attached hydrogens (tertiary/aromatic N) is 2. The third-order valence-corrected chi connectivity index (χ3v) is 4.19. The Balaban J connectivity index is 1.58. The summed E-state index contributed by atoms with van der Waals surface area (Å²) in [5.74, 6) is -0.0512. The highest BCUT2D eigenvalue weighted by Crippen LogP contribution is 2.29. The number of halogens is 2. The molecular formula is C16H15F2N3O3S. The van der Waals surface area contributed by atoms with E-state index >= 15 is 0 Å². The summed E-state index contributed by atoms with van der Waals surface area (Å²) in [4.78, 5) is 17.2. The van der Waals surface area contributed by atoms with Crippen LogP contribution >= 0.6 is 11.3 Å². The highest BCUT2D eigenvalue weighted by molar-refractivity contribution is 7.15. The van der Waals surface area contributed by atoms with Crippen molar-refractivity contribution in [1.82, 2.24) is 14.7 Å². The quantitative estimate of drug-likeness (QED) is 0.697. The van der Waals surface area contributed by atoms with E-state index < -0.39 is 6.61 Å². The van der Waals surface area contributed by atoms with Crippen LogP contribution in [0.5, 0.6) is 11.5 Å². The lowest BCUT2D eigenvalue weighted by molar-refractivity contribution is -0.120. The molecule has 0 saturated heterocycles. The summed E-state index contributed by atoms with van der Waals surface area (Å²) in [6.07, 6.45) is 3.85. The first-order chi connectivity index (χ1) is 12.0. The molecule has 1 N–H and O–H groups in total. The van der Waals surface area contributed by atoms with E-state index in [-0.39, 0.29) is 30.4 Å². The fraction of sp³-hybridized carbons (Fsp3) is 0.250. The molecule has 0 bridgehead atoms. The smallest absolute Gasteiger partial charge is 0.387 e. The van der Waals surface area contributed by atoms with Gasteiger partial charge < -0.3 is 14.8 Å². The molecule has 0 atom stereocenters. The SMILES string of the molecule is COc1cc(CNC(=O)Cc2cn3ccsc3n2)ccc1OC(F)F. The lowest BCUT2D eigenvalue weighted by Gasteiger charge is -2.11. The number of carbonyl (C=O) groups excluding carboxylic acids is 1. The first-order valence-electron chi connectivity index (χ1n) is 7.34. The zero-order valence-electron chi connectivity index (χ0n) is 13.2. The summed E-state index contributed by atoms with van der Waals surface area (Å²) in [6.45, 7) is -2.68. The van der Waals surface area contributed by atoms with Gasteiger partial charge >= 0.3 is 6.61 Å². The van der Waals surface area contributed by atoms with Crippen molar-refractivity contribution < 1.29 is 23.0 Å². The van der Waals surface area contributed by atoms with Gasteiger partial charge in [-0.3, -0.25) is 9.20 Å². The van der Waals surface area contributed by atoms with Crippen LogP contribution in [-0.2, 0) is 17.8 Å². The van der Waals surface area contributed by atoms with Crippen molar-refractivity contribution in [2.75, 3.05) is 7.11 Å². The first kappa shape index (κ1) is 17.2. The number of rotatable bonds is 7. The summed E-state index contributed by atoms with van der Waals surface area (Å²) in [7, 11) is 1.36. The Morgan fingerprint density at radius 1 is 1.40 bits per heavy atom. The topological polar surface area (TPSA) is 64.9 Å². The Bertz CT molecular complexity index is 850. The minimum Gasteiger partial charge on any atom is -0.493 e. The first-order valence-corrected chi connectivity index (χ1v) is 8.22. The summed E-state index contributed by atoms with van der Waals surface area (Å²) >= 11 is 1.50. The van der Waals surface area contributed by atoms with Gasteiger partial charge in [0.2, 0.25) is 5.91 Å². The van der Waals surface area contributed by atoms with E-state index in [0.29, 0.717) is 11.3 Å². The van der Waals surface area contributed by atoms with Crippen LogP contribution in [-0.4, -0.2) is 29.0 Å². The van der Waals surface area contributed by atoms with Crippen LogP contribution in [0.4, 0.5) is 8.78 Å².